The van der Waals surface area contributed by atoms with Crippen LogP contribution >= 0.6 is 12.6 Å². The van der Waals surface area contributed by atoms with Crippen molar-refractivity contribution in [2.45, 2.75) is 109 Å². The summed E-state index contributed by atoms with van der Waals surface area (Å²) < 4.78 is 30.8. The highest BCUT2D eigenvalue weighted by Gasteiger charge is 2.40. The molecule has 0 aromatic heterocycles. The first-order valence-electron chi connectivity index (χ1n) is 24.1. The molecule has 4 heterocycles. The Balaban J connectivity index is 0.988. The normalized spacial score (nSPS) is 18.3. The van der Waals surface area contributed by atoms with Crippen molar-refractivity contribution in [3.8, 4) is 17.2 Å². The molecule has 0 N–H and O–H groups in total. The molecule has 0 fully saturated rings. The molecule has 1 unspecified atom stereocenters. The maximum absolute atomic E-state index is 14.3. The van der Waals surface area contributed by atoms with E-state index in [1.807, 2.05) is 53.1 Å². The zero-order chi connectivity index (χ0) is 46.8. The Bertz CT molecular complexity index is 2620. The Morgan fingerprint density at radius 3 is 2.01 bits per heavy atom. The smallest absolute Gasteiger partial charge is 0.258 e. The van der Waals surface area contributed by atoms with Crippen LogP contribution in [0.2, 0.25) is 0 Å². The van der Waals surface area contributed by atoms with Crippen molar-refractivity contribution in [3.63, 3.8) is 0 Å². The van der Waals surface area contributed by atoms with Crippen LogP contribution in [0.25, 0.3) is 0 Å². The van der Waals surface area contributed by atoms with Crippen LogP contribution in [-0.4, -0.2) is 75.3 Å². The van der Waals surface area contributed by atoms with Crippen LogP contribution in [-0.2, 0) is 41.9 Å². The molecular formula is C56H65N3O7S. The van der Waals surface area contributed by atoms with Gasteiger partial charge in [0, 0.05) is 64.7 Å². The maximum Gasteiger partial charge on any atom is 0.258 e. The molecular weight excluding hydrogens is 859 g/mol. The van der Waals surface area contributed by atoms with Gasteiger partial charge < -0.3 is 38.4 Å². The monoisotopic (exact) mass is 923 g/mol. The number of benzene rings is 5. The molecule has 5 aromatic carbocycles. The number of anilines is 3. The van der Waals surface area contributed by atoms with Gasteiger partial charge in [-0.3, -0.25) is 9.59 Å². The molecule has 0 aliphatic carbocycles. The van der Waals surface area contributed by atoms with Gasteiger partial charge >= 0.3 is 0 Å². The van der Waals surface area contributed by atoms with Crippen molar-refractivity contribution in [1.82, 2.24) is 0 Å². The summed E-state index contributed by atoms with van der Waals surface area (Å²) >= 11 is 4.97. The van der Waals surface area contributed by atoms with Gasteiger partial charge in [0.2, 0.25) is 0 Å². The second kappa shape index (κ2) is 20.0. The number of rotatable bonds is 18. The number of thiol groups is 1. The van der Waals surface area contributed by atoms with E-state index in [2.05, 4.69) is 87.2 Å². The van der Waals surface area contributed by atoms with E-state index in [1.165, 1.54) is 11.1 Å². The minimum Gasteiger partial charge on any atom is -0.493 e. The zero-order valence-electron chi connectivity index (χ0n) is 39.9. The molecule has 5 aromatic rings. The highest BCUT2D eigenvalue weighted by atomic mass is 32.1. The van der Waals surface area contributed by atoms with Crippen molar-refractivity contribution in [2.75, 3.05) is 61.3 Å². The van der Waals surface area contributed by atoms with Gasteiger partial charge in [-0.2, -0.15) is 12.6 Å². The second-order valence-corrected chi connectivity index (χ2v) is 20.6. The third-order valence-corrected chi connectivity index (χ3v) is 13.8. The topological polar surface area (TPSA) is 90.0 Å². The molecule has 11 heteroatoms. The fourth-order valence-electron chi connectivity index (χ4n) is 10.6. The first kappa shape index (κ1) is 46.6. The van der Waals surface area contributed by atoms with E-state index in [0.29, 0.717) is 56.6 Å². The highest BCUT2D eigenvalue weighted by Crippen LogP contribution is 2.44. The number of amides is 2. The Morgan fingerprint density at radius 1 is 0.716 bits per heavy atom. The van der Waals surface area contributed by atoms with E-state index in [9.17, 15) is 9.59 Å². The first-order valence-corrected chi connectivity index (χ1v) is 24.5. The average Bonchev–Trinajstić information content (AvgIpc) is 3.81. The molecule has 4 aliphatic heterocycles. The summed E-state index contributed by atoms with van der Waals surface area (Å²) in [6, 6.07) is 31.3. The lowest BCUT2D eigenvalue weighted by Crippen LogP contribution is -2.37. The summed E-state index contributed by atoms with van der Waals surface area (Å²) in [5.41, 5.74) is 11.8. The quantitative estimate of drug-likeness (QED) is 0.0687. The molecule has 352 valence electrons. The number of hydrogen-bond donors (Lipinski definition) is 1. The van der Waals surface area contributed by atoms with E-state index in [0.717, 1.165) is 101 Å². The number of nitrogens with zero attached hydrogens (tertiary/aromatic N) is 3. The number of aryl methyl sites for hydroxylation is 2. The van der Waals surface area contributed by atoms with Crippen molar-refractivity contribution in [2.24, 2.45) is 0 Å². The minimum absolute atomic E-state index is 0.00574. The lowest BCUT2D eigenvalue weighted by molar-refractivity contribution is 0.0505. The van der Waals surface area contributed by atoms with Gasteiger partial charge in [-0.05, 0) is 159 Å². The van der Waals surface area contributed by atoms with Gasteiger partial charge in [-0.15, -0.1) is 0 Å². The number of carbonyl (C=O) groups is 2. The van der Waals surface area contributed by atoms with Crippen LogP contribution in [0.5, 0.6) is 17.2 Å². The van der Waals surface area contributed by atoms with Crippen LogP contribution in [0.1, 0.15) is 113 Å². The van der Waals surface area contributed by atoms with Crippen molar-refractivity contribution in [3.05, 3.63) is 141 Å². The summed E-state index contributed by atoms with van der Waals surface area (Å²) in [7, 11) is 1.62. The Hall–Kier alpha value is -5.49. The lowest BCUT2D eigenvalue weighted by Gasteiger charge is -2.32. The van der Waals surface area contributed by atoms with Crippen LogP contribution in [0, 0.1) is 6.92 Å². The summed E-state index contributed by atoms with van der Waals surface area (Å²) in [5, 5.41) is 0. The zero-order valence-corrected chi connectivity index (χ0v) is 40.8. The van der Waals surface area contributed by atoms with Crippen LogP contribution < -0.4 is 28.9 Å². The highest BCUT2D eigenvalue weighted by molar-refractivity contribution is 7.81. The third-order valence-electron chi connectivity index (χ3n) is 13.7. The predicted octanol–water partition coefficient (Wildman–Crippen LogP) is 10.7. The van der Waals surface area contributed by atoms with Gasteiger partial charge in [0.05, 0.1) is 26.9 Å². The van der Waals surface area contributed by atoms with Crippen molar-refractivity contribution >= 4 is 41.5 Å². The summed E-state index contributed by atoms with van der Waals surface area (Å²) in [6.45, 7) is 14.8. The molecule has 0 saturated heterocycles. The number of para-hydroxylation sites is 2. The van der Waals surface area contributed by atoms with Gasteiger partial charge in [0.15, 0.2) is 11.5 Å². The number of carbonyl (C=O) groups excluding carboxylic acids is 2. The van der Waals surface area contributed by atoms with Crippen LogP contribution in [0.3, 0.4) is 0 Å². The summed E-state index contributed by atoms with van der Waals surface area (Å²) in [6.07, 6.45) is 5.22. The molecule has 0 bridgehead atoms. The summed E-state index contributed by atoms with van der Waals surface area (Å²) in [4.78, 5) is 34.8. The fraction of sp³-hybridized carbons (Fsp3) is 0.429. The largest absolute Gasteiger partial charge is 0.493 e. The van der Waals surface area contributed by atoms with Crippen molar-refractivity contribution in [1.29, 1.82) is 0 Å². The van der Waals surface area contributed by atoms with Gasteiger partial charge in [0.25, 0.3) is 11.8 Å². The standard InChI is InChI=1S/C56H65N3O7S/c1-7-19-63-21-22-64-20-18-57(35-56(4,5)67)44-26-38(33-65-51-31-46-36(2)23-45-29-42-13-9-11-15-50(42)59(45)55(61)48(46)24-37(51)3)25-39(27-44)34-66-53-30-40-16-17-43-28-41-12-8-10-14-49(41)58(43)54(60)47(40)32-52(53)62-6/h8-15,24-27,30-32,36,43,45,67H,7,16-23,28-29,33-35H2,1-6H3/t36?,43-,45-/m1/s1. The molecule has 0 radical (unpaired) electrons. The van der Waals surface area contributed by atoms with Gasteiger partial charge in [0.1, 0.15) is 19.0 Å². The predicted molar refractivity (Wildman–Crippen MR) is 269 cm³/mol. The van der Waals surface area contributed by atoms with E-state index in [4.69, 9.17) is 36.3 Å². The van der Waals surface area contributed by atoms with E-state index in [-0.39, 0.29) is 41.2 Å². The first-order chi connectivity index (χ1) is 32.4. The van der Waals surface area contributed by atoms with Crippen LogP contribution in [0.15, 0.2) is 91.0 Å². The molecule has 0 spiro atoms. The molecule has 0 saturated carbocycles. The number of ether oxygens (including phenoxy) is 5. The van der Waals surface area contributed by atoms with E-state index < -0.39 is 0 Å². The SMILES string of the molecule is CCCOCCOCCN(CC(C)(C)S)c1cc(COc2cc3c(cc2C)C(=O)N2c4ccccc4C[C@H]2CC3C)cc(COc2cc3c(cc2OC)C(=O)N2c4ccccc4C[C@H]2CC3)c1. The van der Waals surface area contributed by atoms with Crippen LogP contribution in [0.4, 0.5) is 17.1 Å². The molecule has 9 rings (SSSR count). The minimum atomic E-state index is -0.304. The maximum atomic E-state index is 14.3. The average molecular weight is 924 g/mol. The molecule has 4 aliphatic rings. The molecule has 3 atom stereocenters. The number of hydrogen-bond acceptors (Lipinski definition) is 9. The Morgan fingerprint density at radius 2 is 1.34 bits per heavy atom. The molecule has 2 amide bonds. The van der Waals surface area contributed by atoms with E-state index in [1.54, 1.807) is 7.11 Å². The van der Waals surface area contributed by atoms with Crippen molar-refractivity contribution < 1.29 is 33.3 Å². The summed E-state index contributed by atoms with van der Waals surface area (Å²) in [5.74, 6) is 2.13. The lowest BCUT2D eigenvalue weighted by atomic mass is 9.90. The third kappa shape index (κ3) is 10.1. The Kier molecular flexibility index (Phi) is 13.9. The Labute approximate surface area is 401 Å². The van der Waals surface area contributed by atoms with E-state index >= 15 is 0 Å². The molecule has 67 heavy (non-hydrogen) atoms. The molecule has 10 nitrogen and oxygen atoms in total. The van der Waals surface area contributed by atoms with Gasteiger partial charge in [-0.25, -0.2) is 0 Å². The second-order valence-electron chi connectivity index (χ2n) is 19.4. The number of methoxy groups -OCH3 is 1. The number of fused-ring (bicyclic) bond motifs is 8. The van der Waals surface area contributed by atoms with Gasteiger partial charge in [-0.1, -0.05) is 50.2 Å². The fourth-order valence-corrected chi connectivity index (χ4v) is 10.7.